The molecule has 1 aromatic rings. The Balaban J connectivity index is 2.01. The molecule has 6 heteroatoms. The third-order valence-corrected chi connectivity index (χ3v) is 3.08. The number of hydrogen-bond donors (Lipinski definition) is 1. The molecule has 1 saturated heterocycles. The molecule has 0 aliphatic carbocycles. The van der Waals surface area contributed by atoms with Crippen LogP contribution in [-0.4, -0.2) is 41.1 Å². The molecule has 0 spiro atoms. The molecule has 5 nitrogen and oxygen atoms in total. The van der Waals surface area contributed by atoms with Crippen LogP contribution in [-0.2, 0) is 0 Å². The molecule has 2 rings (SSSR count). The zero-order chi connectivity index (χ0) is 11.5. The van der Waals surface area contributed by atoms with Crippen molar-refractivity contribution in [2.24, 2.45) is 0 Å². The molecule has 1 aliphatic heterocycles. The fourth-order valence-corrected chi connectivity index (χ4v) is 1.85. The van der Waals surface area contributed by atoms with Crippen LogP contribution in [0.25, 0.3) is 0 Å². The molecule has 1 fully saturated rings. The van der Waals surface area contributed by atoms with Crippen LogP contribution in [0, 0.1) is 0 Å². The Kier molecular flexibility index (Phi) is 3.46. The lowest BCUT2D eigenvalue weighted by Gasteiger charge is -2.29. The van der Waals surface area contributed by atoms with Crippen molar-refractivity contribution < 1.29 is 4.74 Å². The Morgan fingerprint density at radius 2 is 2.12 bits per heavy atom. The highest BCUT2D eigenvalue weighted by molar-refractivity contribution is 6.33. The zero-order valence-electron chi connectivity index (χ0n) is 9.19. The molecule has 0 atom stereocenters. The van der Waals surface area contributed by atoms with E-state index in [4.69, 9.17) is 22.1 Å². The predicted molar refractivity (Wildman–Crippen MR) is 62.6 cm³/mol. The average molecular weight is 243 g/mol. The molecule has 1 aromatic heterocycles. The van der Waals surface area contributed by atoms with Crippen LogP contribution < -0.4 is 10.5 Å². The van der Waals surface area contributed by atoms with Gasteiger partial charge in [-0.2, -0.15) is 0 Å². The lowest BCUT2D eigenvalue weighted by atomic mass is 10.1. The van der Waals surface area contributed by atoms with E-state index < -0.39 is 0 Å². The van der Waals surface area contributed by atoms with Crippen molar-refractivity contribution in [3.05, 3.63) is 11.3 Å². The maximum atomic E-state index is 5.96. The summed E-state index contributed by atoms with van der Waals surface area (Å²) < 4.78 is 5.73. The van der Waals surface area contributed by atoms with Gasteiger partial charge in [0.2, 0.25) is 5.88 Å². The summed E-state index contributed by atoms with van der Waals surface area (Å²) in [6.45, 7) is 2.06. The van der Waals surface area contributed by atoms with Crippen molar-refractivity contribution in [3.8, 4) is 5.88 Å². The van der Waals surface area contributed by atoms with Gasteiger partial charge >= 0.3 is 0 Å². The number of aromatic nitrogens is 2. The number of anilines is 1. The minimum absolute atomic E-state index is 0.169. The number of hydrogen-bond acceptors (Lipinski definition) is 5. The second-order valence-corrected chi connectivity index (χ2v) is 4.38. The number of nitrogens with two attached hydrogens (primary N) is 1. The van der Waals surface area contributed by atoms with E-state index >= 15 is 0 Å². The van der Waals surface area contributed by atoms with Crippen LogP contribution in [0.3, 0.4) is 0 Å². The van der Waals surface area contributed by atoms with Gasteiger partial charge in [-0.15, -0.1) is 0 Å². The Morgan fingerprint density at radius 3 is 2.81 bits per heavy atom. The topological polar surface area (TPSA) is 64.3 Å². The zero-order valence-corrected chi connectivity index (χ0v) is 9.94. The SMILES string of the molecule is CN1CCC(Oc2ncnc(N)c2Cl)CC1. The Hall–Kier alpha value is -1.07. The van der Waals surface area contributed by atoms with E-state index in [-0.39, 0.29) is 11.9 Å². The van der Waals surface area contributed by atoms with Crippen molar-refractivity contribution >= 4 is 17.4 Å². The van der Waals surface area contributed by atoms with E-state index in [2.05, 4.69) is 21.9 Å². The number of rotatable bonds is 2. The van der Waals surface area contributed by atoms with Gasteiger partial charge in [0, 0.05) is 13.1 Å². The van der Waals surface area contributed by atoms with Gasteiger partial charge in [-0.05, 0) is 19.9 Å². The van der Waals surface area contributed by atoms with E-state index in [1.165, 1.54) is 6.33 Å². The minimum atomic E-state index is 0.169. The molecule has 1 aliphatic rings. The smallest absolute Gasteiger partial charge is 0.238 e. The minimum Gasteiger partial charge on any atom is -0.473 e. The first-order chi connectivity index (χ1) is 7.66. The molecule has 0 unspecified atom stereocenters. The van der Waals surface area contributed by atoms with Gasteiger partial charge in [-0.3, -0.25) is 0 Å². The Morgan fingerprint density at radius 1 is 1.44 bits per heavy atom. The van der Waals surface area contributed by atoms with Crippen LogP contribution in [0.1, 0.15) is 12.8 Å². The van der Waals surface area contributed by atoms with Gasteiger partial charge in [-0.1, -0.05) is 11.6 Å². The predicted octanol–water partition coefficient (Wildman–Crippen LogP) is 1.19. The molecule has 0 bridgehead atoms. The van der Waals surface area contributed by atoms with Gasteiger partial charge in [0.05, 0.1) is 0 Å². The first kappa shape index (κ1) is 11.4. The molecule has 0 radical (unpaired) electrons. The van der Waals surface area contributed by atoms with Gasteiger partial charge in [0.15, 0.2) is 0 Å². The van der Waals surface area contributed by atoms with Crippen molar-refractivity contribution in [2.75, 3.05) is 25.9 Å². The number of halogens is 1. The molecule has 2 N–H and O–H groups in total. The summed E-state index contributed by atoms with van der Waals surface area (Å²) in [6.07, 6.45) is 3.50. The summed E-state index contributed by atoms with van der Waals surface area (Å²) in [5, 5.41) is 0.307. The molecular formula is C10H15ClN4O. The van der Waals surface area contributed by atoms with Crippen molar-refractivity contribution in [1.82, 2.24) is 14.9 Å². The van der Waals surface area contributed by atoms with Crippen molar-refractivity contribution in [2.45, 2.75) is 18.9 Å². The van der Waals surface area contributed by atoms with Crippen molar-refractivity contribution in [3.63, 3.8) is 0 Å². The lowest BCUT2D eigenvalue weighted by molar-refractivity contribution is 0.110. The van der Waals surface area contributed by atoms with E-state index in [0.717, 1.165) is 25.9 Å². The fourth-order valence-electron chi connectivity index (χ4n) is 1.71. The maximum Gasteiger partial charge on any atom is 0.238 e. The van der Waals surface area contributed by atoms with Crippen molar-refractivity contribution in [1.29, 1.82) is 0 Å². The molecule has 0 saturated carbocycles. The number of nitrogen functional groups attached to an aromatic ring is 1. The second kappa shape index (κ2) is 4.84. The summed E-state index contributed by atoms with van der Waals surface area (Å²) in [4.78, 5) is 10.1. The third-order valence-electron chi connectivity index (χ3n) is 2.73. The Bertz CT molecular complexity index is 366. The van der Waals surface area contributed by atoms with E-state index in [1.54, 1.807) is 0 Å². The Labute approximate surface area is 99.6 Å². The van der Waals surface area contributed by atoms with Crippen LogP contribution in [0.2, 0.25) is 5.02 Å². The van der Waals surface area contributed by atoms with Gasteiger partial charge < -0.3 is 15.4 Å². The fraction of sp³-hybridized carbons (Fsp3) is 0.600. The highest BCUT2D eigenvalue weighted by Crippen LogP contribution is 2.27. The van der Waals surface area contributed by atoms with Gasteiger partial charge in [0.25, 0.3) is 0 Å². The van der Waals surface area contributed by atoms with E-state index in [9.17, 15) is 0 Å². The molecular weight excluding hydrogens is 228 g/mol. The number of likely N-dealkylation sites (tertiary alicyclic amines) is 1. The van der Waals surface area contributed by atoms with Crippen LogP contribution >= 0.6 is 11.6 Å². The van der Waals surface area contributed by atoms with E-state index in [1.807, 2.05) is 0 Å². The highest BCUT2D eigenvalue weighted by Gasteiger charge is 2.20. The number of nitrogens with zero attached hydrogens (tertiary/aromatic N) is 3. The summed E-state index contributed by atoms with van der Waals surface area (Å²) in [7, 11) is 2.10. The van der Waals surface area contributed by atoms with Gasteiger partial charge in [-0.25, -0.2) is 9.97 Å². The quantitative estimate of drug-likeness (QED) is 0.844. The van der Waals surface area contributed by atoms with E-state index in [0.29, 0.717) is 10.9 Å². The molecule has 0 aromatic carbocycles. The summed E-state index contributed by atoms with van der Waals surface area (Å²) in [5.41, 5.74) is 5.58. The normalized spacial score (nSPS) is 18.6. The van der Waals surface area contributed by atoms with Crippen LogP contribution in [0.5, 0.6) is 5.88 Å². The lowest BCUT2D eigenvalue weighted by Crippen LogP contribution is -2.35. The summed E-state index contributed by atoms with van der Waals surface area (Å²) in [6, 6.07) is 0. The molecule has 88 valence electrons. The largest absolute Gasteiger partial charge is 0.473 e. The standard InChI is InChI=1S/C10H15ClN4O/c1-15-4-2-7(3-5-15)16-10-8(11)9(12)13-6-14-10/h6-7H,2-5H2,1H3,(H2,12,13,14). The highest BCUT2D eigenvalue weighted by atomic mass is 35.5. The second-order valence-electron chi connectivity index (χ2n) is 4.00. The first-order valence-electron chi connectivity index (χ1n) is 5.28. The van der Waals surface area contributed by atoms with Crippen LogP contribution in [0.15, 0.2) is 6.33 Å². The van der Waals surface area contributed by atoms with Gasteiger partial charge in [0.1, 0.15) is 23.3 Å². The monoisotopic (exact) mass is 242 g/mol. The third kappa shape index (κ3) is 2.54. The number of ether oxygens (including phenoxy) is 1. The summed E-state index contributed by atoms with van der Waals surface area (Å²) >= 11 is 5.96. The molecule has 2 heterocycles. The summed E-state index contributed by atoms with van der Waals surface area (Å²) in [5.74, 6) is 0.656. The molecule has 16 heavy (non-hydrogen) atoms. The number of piperidine rings is 1. The first-order valence-corrected chi connectivity index (χ1v) is 5.66. The maximum absolute atomic E-state index is 5.96. The average Bonchev–Trinajstić information content (AvgIpc) is 2.28. The van der Waals surface area contributed by atoms with Crippen LogP contribution in [0.4, 0.5) is 5.82 Å². The molecule has 0 amide bonds.